The highest BCUT2D eigenvalue weighted by atomic mass is 16.4. The largest absolute Gasteiger partial charge is 0.478 e. The SMILES string of the molecule is Cc1ccc(C)c2ncc(-c3cc4ccc(-c5ccc(C(=O)O)cc5)cc4o3)cc12. The van der Waals surface area contributed by atoms with E-state index in [2.05, 4.69) is 37.0 Å². The molecular weight excluding hydrogens is 374 g/mol. The van der Waals surface area contributed by atoms with E-state index in [-0.39, 0.29) is 5.56 Å². The van der Waals surface area contributed by atoms with Crippen LogP contribution in [-0.2, 0) is 0 Å². The number of carboxylic acids is 1. The summed E-state index contributed by atoms with van der Waals surface area (Å²) in [7, 11) is 0. The van der Waals surface area contributed by atoms with Gasteiger partial charge >= 0.3 is 5.97 Å². The summed E-state index contributed by atoms with van der Waals surface area (Å²) in [6.07, 6.45) is 1.86. The van der Waals surface area contributed by atoms with E-state index in [1.54, 1.807) is 12.1 Å². The molecule has 146 valence electrons. The van der Waals surface area contributed by atoms with E-state index in [9.17, 15) is 4.79 Å². The molecule has 30 heavy (non-hydrogen) atoms. The number of carbonyl (C=O) groups is 1. The Morgan fingerprint density at radius 1 is 0.833 bits per heavy atom. The van der Waals surface area contributed by atoms with Crippen molar-refractivity contribution in [3.05, 3.63) is 89.6 Å². The van der Waals surface area contributed by atoms with Gasteiger partial charge in [-0.15, -0.1) is 0 Å². The van der Waals surface area contributed by atoms with Crippen molar-refractivity contribution in [2.45, 2.75) is 13.8 Å². The average Bonchev–Trinajstić information content (AvgIpc) is 3.19. The van der Waals surface area contributed by atoms with Gasteiger partial charge in [-0.05, 0) is 66.4 Å². The van der Waals surface area contributed by atoms with Crippen molar-refractivity contribution >= 4 is 27.8 Å². The zero-order chi connectivity index (χ0) is 20.8. The predicted molar refractivity (Wildman–Crippen MR) is 119 cm³/mol. The highest BCUT2D eigenvalue weighted by Gasteiger charge is 2.11. The van der Waals surface area contributed by atoms with Crippen LogP contribution in [0.5, 0.6) is 0 Å². The van der Waals surface area contributed by atoms with Crippen LogP contribution < -0.4 is 0 Å². The molecule has 4 nitrogen and oxygen atoms in total. The lowest BCUT2D eigenvalue weighted by Gasteiger charge is -2.06. The summed E-state index contributed by atoms with van der Waals surface area (Å²) in [4.78, 5) is 15.7. The number of pyridine rings is 1. The molecule has 0 saturated heterocycles. The third kappa shape index (κ3) is 3.03. The van der Waals surface area contributed by atoms with Crippen LogP contribution in [-0.4, -0.2) is 16.1 Å². The summed E-state index contributed by atoms with van der Waals surface area (Å²) in [5.41, 5.74) is 7.28. The van der Waals surface area contributed by atoms with Gasteiger partial charge in [-0.3, -0.25) is 4.98 Å². The molecule has 0 amide bonds. The Morgan fingerprint density at radius 2 is 1.57 bits per heavy atom. The van der Waals surface area contributed by atoms with Crippen molar-refractivity contribution in [2.24, 2.45) is 0 Å². The quantitative estimate of drug-likeness (QED) is 0.374. The smallest absolute Gasteiger partial charge is 0.335 e. The molecule has 0 fully saturated rings. The molecule has 0 bridgehead atoms. The molecule has 5 rings (SSSR count). The van der Waals surface area contributed by atoms with Crippen LogP contribution in [0.4, 0.5) is 0 Å². The van der Waals surface area contributed by atoms with Crippen LogP contribution in [0.1, 0.15) is 21.5 Å². The van der Waals surface area contributed by atoms with Crippen molar-refractivity contribution in [2.75, 3.05) is 0 Å². The van der Waals surface area contributed by atoms with Gasteiger partial charge in [0.05, 0.1) is 11.1 Å². The maximum absolute atomic E-state index is 11.1. The number of furan rings is 1. The number of hydrogen-bond acceptors (Lipinski definition) is 3. The molecule has 0 aliphatic carbocycles. The second kappa shape index (κ2) is 6.85. The maximum atomic E-state index is 11.1. The molecule has 0 aliphatic heterocycles. The van der Waals surface area contributed by atoms with Crippen LogP contribution in [0, 0.1) is 13.8 Å². The molecule has 1 N–H and O–H groups in total. The number of nitrogens with zero attached hydrogens (tertiary/aromatic N) is 1. The number of hydrogen-bond donors (Lipinski definition) is 1. The number of aromatic carboxylic acids is 1. The lowest BCUT2D eigenvalue weighted by atomic mass is 10.0. The second-order valence-electron chi connectivity index (χ2n) is 7.57. The molecule has 4 heteroatoms. The average molecular weight is 393 g/mol. The minimum Gasteiger partial charge on any atom is -0.478 e. The van der Waals surface area contributed by atoms with Gasteiger partial charge in [-0.2, -0.15) is 0 Å². The third-order valence-electron chi connectivity index (χ3n) is 5.54. The second-order valence-corrected chi connectivity index (χ2v) is 7.57. The zero-order valence-electron chi connectivity index (χ0n) is 16.6. The molecule has 5 aromatic rings. The third-order valence-corrected chi connectivity index (χ3v) is 5.54. The summed E-state index contributed by atoms with van der Waals surface area (Å²) in [6, 6.07) is 21.2. The number of benzene rings is 3. The molecule has 2 aromatic heterocycles. The summed E-state index contributed by atoms with van der Waals surface area (Å²) in [5.74, 6) is -0.152. The summed E-state index contributed by atoms with van der Waals surface area (Å²) in [5, 5.41) is 11.2. The topological polar surface area (TPSA) is 63.3 Å². The Bertz CT molecular complexity index is 1430. The van der Waals surface area contributed by atoms with Gasteiger partial charge in [-0.1, -0.05) is 36.4 Å². The molecule has 0 radical (unpaired) electrons. The predicted octanol–water partition coefficient (Wildman–Crippen LogP) is 6.63. The minimum absolute atomic E-state index is 0.273. The van der Waals surface area contributed by atoms with Crippen LogP contribution in [0.2, 0.25) is 0 Å². The van der Waals surface area contributed by atoms with E-state index < -0.39 is 5.97 Å². The van der Waals surface area contributed by atoms with Crippen molar-refractivity contribution in [1.82, 2.24) is 4.98 Å². The first-order valence-corrected chi connectivity index (χ1v) is 9.73. The highest BCUT2D eigenvalue weighted by molar-refractivity contribution is 5.91. The number of aromatic nitrogens is 1. The van der Waals surface area contributed by atoms with Crippen LogP contribution in [0.15, 0.2) is 77.3 Å². The Kier molecular flexibility index (Phi) is 4.14. The lowest BCUT2D eigenvalue weighted by Crippen LogP contribution is -1.94. The first-order chi connectivity index (χ1) is 14.5. The number of aryl methyl sites for hydroxylation is 2. The van der Waals surface area contributed by atoms with E-state index >= 15 is 0 Å². The standard InChI is InChI=1S/C26H19NO3/c1-15-3-4-16(2)25-22(15)11-21(14-27-25)24-13-20-10-9-19(12-23(20)30-24)17-5-7-18(8-6-17)26(28)29/h3-14H,1-2H3,(H,28,29). The van der Waals surface area contributed by atoms with Crippen LogP contribution >= 0.6 is 0 Å². The molecule has 3 aromatic carbocycles. The summed E-state index contributed by atoms with van der Waals surface area (Å²) < 4.78 is 6.16. The molecule has 2 heterocycles. The van der Waals surface area contributed by atoms with E-state index in [0.717, 1.165) is 49.9 Å². The monoisotopic (exact) mass is 393 g/mol. The maximum Gasteiger partial charge on any atom is 0.335 e. The fourth-order valence-corrected chi connectivity index (χ4v) is 3.79. The van der Waals surface area contributed by atoms with Gasteiger partial charge in [0, 0.05) is 22.5 Å². The van der Waals surface area contributed by atoms with Gasteiger partial charge in [0.15, 0.2) is 0 Å². The van der Waals surface area contributed by atoms with Crippen molar-refractivity contribution in [1.29, 1.82) is 0 Å². The van der Waals surface area contributed by atoms with Gasteiger partial charge in [0.1, 0.15) is 11.3 Å². The number of carboxylic acid groups (broad SMARTS) is 1. The zero-order valence-corrected chi connectivity index (χ0v) is 16.6. The van der Waals surface area contributed by atoms with Gasteiger partial charge in [0.25, 0.3) is 0 Å². The fraction of sp³-hybridized carbons (Fsp3) is 0.0769. The molecule has 0 unspecified atom stereocenters. The number of fused-ring (bicyclic) bond motifs is 2. The van der Waals surface area contributed by atoms with Crippen molar-refractivity contribution in [3.8, 4) is 22.5 Å². The van der Waals surface area contributed by atoms with E-state index in [4.69, 9.17) is 9.52 Å². The normalized spacial score (nSPS) is 11.3. The first kappa shape index (κ1) is 18.1. The van der Waals surface area contributed by atoms with Crippen LogP contribution in [0.3, 0.4) is 0 Å². The Balaban J connectivity index is 1.56. The molecule has 0 aliphatic rings. The summed E-state index contributed by atoms with van der Waals surface area (Å²) >= 11 is 0. The minimum atomic E-state index is -0.929. The highest BCUT2D eigenvalue weighted by Crippen LogP contribution is 2.33. The first-order valence-electron chi connectivity index (χ1n) is 9.73. The van der Waals surface area contributed by atoms with Gasteiger partial charge < -0.3 is 9.52 Å². The van der Waals surface area contributed by atoms with Crippen LogP contribution in [0.25, 0.3) is 44.3 Å². The van der Waals surface area contributed by atoms with Crippen molar-refractivity contribution < 1.29 is 14.3 Å². The van der Waals surface area contributed by atoms with Gasteiger partial charge in [0.2, 0.25) is 0 Å². The Hall–Kier alpha value is -3.92. The molecular formula is C26H19NO3. The Labute approximate surface area is 173 Å². The van der Waals surface area contributed by atoms with E-state index in [1.807, 2.05) is 42.6 Å². The molecule has 0 atom stereocenters. The molecule has 0 spiro atoms. The number of rotatable bonds is 3. The van der Waals surface area contributed by atoms with Crippen molar-refractivity contribution in [3.63, 3.8) is 0 Å². The lowest BCUT2D eigenvalue weighted by molar-refractivity contribution is 0.0697. The summed E-state index contributed by atoms with van der Waals surface area (Å²) in [6.45, 7) is 4.16. The fourth-order valence-electron chi connectivity index (χ4n) is 3.79. The van der Waals surface area contributed by atoms with E-state index in [1.165, 1.54) is 5.56 Å². The molecule has 0 saturated carbocycles. The van der Waals surface area contributed by atoms with Gasteiger partial charge in [-0.25, -0.2) is 4.79 Å². The van der Waals surface area contributed by atoms with E-state index in [0.29, 0.717) is 0 Å². The Morgan fingerprint density at radius 3 is 2.33 bits per heavy atom.